The number of hydrogen-bond donors (Lipinski definition) is 1. The molecule has 30 heavy (non-hydrogen) atoms. The molecule has 0 fully saturated rings. The second kappa shape index (κ2) is 8.73. The van der Waals surface area contributed by atoms with Gasteiger partial charge in [0, 0.05) is 23.7 Å². The first-order valence-corrected chi connectivity index (χ1v) is 11.0. The summed E-state index contributed by atoms with van der Waals surface area (Å²) in [5, 5.41) is 5.30. The van der Waals surface area contributed by atoms with E-state index in [4.69, 9.17) is 9.72 Å². The summed E-state index contributed by atoms with van der Waals surface area (Å²) in [7, 11) is 3.27. The van der Waals surface area contributed by atoms with E-state index < -0.39 is 0 Å². The minimum Gasteiger partial charge on any atom is -0.497 e. The number of carbonyl (C=O) groups excluding carboxylic acids is 1. The van der Waals surface area contributed by atoms with Gasteiger partial charge in [0.05, 0.1) is 18.4 Å². The Morgan fingerprint density at radius 2 is 1.90 bits per heavy atom. The van der Waals surface area contributed by atoms with Crippen molar-refractivity contribution >= 4 is 44.9 Å². The Morgan fingerprint density at radius 1 is 1.17 bits per heavy atom. The van der Waals surface area contributed by atoms with Crippen molar-refractivity contribution in [2.75, 3.05) is 18.2 Å². The van der Waals surface area contributed by atoms with Gasteiger partial charge in [-0.05, 0) is 29.8 Å². The lowest BCUT2D eigenvalue weighted by atomic mass is 10.1. The van der Waals surface area contributed by atoms with E-state index >= 15 is 0 Å². The number of carbonyl (C=O) groups is 1. The highest BCUT2D eigenvalue weighted by Crippen LogP contribution is 2.32. The highest BCUT2D eigenvalue weighted by atomic mass is 32.2. The van der Waals surface area contributed by atoms with E-state index in [-0.39, 0.29) is 17.2 Å². The van der Waals surface area contributed by atoms with E-state index in [1.807, 2.05) is 35.7 Å². The van der Waals surface area contributed by atoms with E-state index in [2.05, 4.69) is 5.32 Å². The van der Waals surface area contributed by atoms with Gasteiger partial charge in [0.1, 0.15) is 10.4 Å². The molecule has 6 nitrogen and oxygen atoms in total. The smallest absolute Gasteiger partial charge is 0.271 e. The van der Waals surface area contributed by atoms with Crippen LogP contribution in [-0.4, -0.2) is 28.3 Å². The molecule has 0 spiro atoms. The van der Waals surface area contributed by atoms with E-state index in [0.717, 1.165) is 16.9 Å². The number of thiophene rings is 1. The Bertz CT molecular complexity index is 1250. The summed E-state index contributed by atoms with van der Waals surface area (Å²) in [6, 6.07) is 17.0. The first-order chi connectivity index (χ1) is 14.6. The van der Waals surface area contributed by atoms with Crippen LogP contribution in [0.3, 0.4) is 0 Å². The molecule has 0 unspecified atom stereocenters. The third kappa shape index (κ3) is 4.10. The molecule has 2 aromatic heterocycles. The topological polar surface area (TPSA) is 73.2 Å². The molecule has 152 valence electrons. The second-order valence-electron chi connectivity index (χ2n) is 6.52. The van der Waals surface area contributed by atoms with E-state index in [1.165, 1.54) is 27.7 Å². The van der Waals surface area contributed by atoms with Crippen molar-refractivity contribution in [2.24, 2.45) is 7.05 Å². The molecule has 2 heterocycles. The summed E-state index contributed by atoms with van der Waals surface area (Å²) in [6.45, 7) is 0. The molecule has 8 heteroatoms. The summed E-state index contributed by atoms with van der Waals surface area (Å²) in [5.74, 6) is 0.691. The molecule has 4 aromatic rings. The van der Waals surface area contributed by atoms with Crippen LogP contribution < -0.4 is 15.6 Å². The third-order valence-electron chi connectivity index (χ3n) is 4.55. The molecular formula is C22H19N3O3S2. The lowest BCUT2D eigenvalue weighted by Crippen LogP contribution is -2.20. The highest BCUT2D eigenvalue weighted by molar-refractivity contribution is 7.99. The van der Waals surface area contributed by atoms with Crippen LogP contribution in [0.4, 0.5) is 5.69 Å². The van der Waals surface area contributed by atoms with Crippen molar-refractivity contribution in [1.82, 2.24) is 9.55 Å². The number of thioether (sulfide) groups is 1. The maximum absolute atomic E-state index is 12.8. The van der Waals surface area contributed by atoms with Crippen LogP contribution in [0.5, 0.6) is 5.75 Å². The van der Waals surface area contributed by atoms with Gasteiger partial charge in [0.2, 0.25) is 5.91 Å². The predicted molar refractivity (Wildman–Crippen MR) is 123 cm³/mol. The standard InChI is InChI=1S/C22H19N3O3S2/c1-25-21(27)20-19(17(12-29-20)14-6-4-3-5-7-14)24-22(25)30-13-18(26)23-15-8-10-16(28-2)11-9-15/h3-12H,13H2,1-2H3,(H,23,26). The van der Waals surface area contributed by atoms with Crippen LogP contribution >= 0.6 is 23.1 Å². The fourth-order valence-electron chi connectivity index (χ4n) is 2.98. The predicted octanol–water partition coefficient (Wildman–Crippen LogP) is 4.40. The summed E-state index contributed by atoms with van der Waals surface area (Å²) in [6.07, 6.45) is 0. The molecular weight excluding hydrogens is 418 g/mol. The Labute approximate surface area is 181 Å². The van der Waals surface area contributed by atoms with Gasteiger partial charge >= 0.3 is 0 Å². The van der Waals surface area contributed by atoms with Crippen LogP contribution in [0.2, 0.25) is 0 Å². The molecule has 1 N–H and O–H groups in total. The van der Waals surface area contributed by atoms with Crippen LogP contribution in [0, 0.1) is 0 Å². The quantitative estimate of drug-likeness (QED) is 0.357. The Balaban J connectivity index is 1.55. The monoisotopic (exact) mass is 437 g/mol. The Hall–Kier alpha value is -3.10. The molecule has 0 atom stereocenters. The van der Waals surface area contributed by atoms with Gasteiger partial charge in [-0.1, -0.05) is 42.1 Å². The first-order valence-electron chi connectivity index (χ1n) is 9.17. The number of fused-ring (bicyclic) bond motifs is 1. The molecule has 0 saturated carbocycles. The number of aromatic nitrogens is 2. The molecule has 0 bridgehead atoms. The number of rotatable bonds is 6. The zero-order valence-corrected chi connectivity index (χ0v) is 18.0. The fourth-order valence-corrected chi connectivity index (χ4v) is 4.73. The number of ether oxygens (including phenoxy) is 1. The normalized spacial score (nSPS) is 10.9. The lowest BCUT2D eigenvalue weighted by Gasteiger charge is -2.09. The van der Waals surface area contributed by atoms with Crippen molar-refractivity contribution in [3.63, 3.8) is 0 Å². The number of amides is 1. The van der Waals surface area contributed by atoms with Gasteiger partial charge in [-0.2, -0.15) is 0 Å². The second-order valence-corrected chi connectivity index (χ2v) is 8.34. The van der Waals surface area contributed by atoms with Gasteiger partial charge in [0.15, 0.2) is 5.16 Å². The van der Waals surface area contributed by atoms with E-state index in [1.54, 1.807) is 38.4 Å². The van der Waals surface area contributed by atoms with Gasteiger partial charge in [-0.25, -0.2) is 4.98 Å². The van der Waals surface area contributed by atoms with E-state index in [0.29, 0.717) is 21.1 Å². The van der Waals surface area contributed by atoms with Crippen molar-refractivity contribution in [3.05, 3.63) is 70.3 Å². The van der Waals surface area contributed by atoms with Gasteiger partial charge in [-0.15, -0.1) is 11.3 Å². The summed E-state index contributed by atoms with van der Waals surface area (Å²) >= 11 is 2.63. The zero-order valence-electron chi connectivity index (χ0n) is 16.4. The minimum atomic E-state index is -0.173. The van der Waals surface area contributed by atoms with Crippen LogP contribution in [0.1, 0.15) is 0 Å². The number of benzene rings is 2. The Morgan fingerprint density at radius 3 is 2.60 bits per heavy atom. The van der Waals surface area contributed by atoms with Crippen LogP contribution in [-0.2, 0) is 11.8 Å². The lowest BCUT2D eigenvalue weighted by molar-refractivity contribution is -0.113. The summed E-state index contributed by atoms with van der Waals surface area (Å²) in [5.41, 5.74) is 3.19. The molecule has 1 amide bonds. The number of hydrogen-bond acceptors (Lipinski definition) is 6. The Kier molecular flexibility index (Phi) is 5.87. The molecule has 0 radical (unpaired) electrons. The van der Waals surface area contributed by atoms with Gasteiger partial charge in [-0.3, -0.25) is 14.2 Å². The molecule has 4 rings (SSSR count). The van der Waals surface area contributed by atoms with Gasteiger partial charge in [0.25, 0.3) is 5.56 Å². The van der Waals surface area contributed by atoms with Crippen molar-refractivity contribution in [3.8, 4) is 16.9 Å². The average molecular weight is 438 g/mol. The molecule has 2 aromatic carbocycles. The van der Waals surface area contributed by atoms with Crippen LogP contribution in [0.25, 0.3) is 21.3 Å². The summed E-state index contributed by atoms with van der Waals surface area (Å²) < 4.78 is 7.23. The van der Waals surface area contributed by atoms with E-state index in [9.17, 15) is 9.59 Å². The highest BCUT2D eigenvalue weighted by Gasteiger charge is 2.16. The van der Waals surface area contributed by atoms with Crippen molar-refractivity contribution < 1.29 is 9.53 Å². The zero-order chi connectivity index (χ0) is 21.1. The number of nitrogens with one attached hydrogen (secondary N) is 1. The molecule has 0 aliphatic heterocycles. The minimum absolute atomic E-state index is 0.106. The van der Waals surface area contributed by atoms with Crippen LogP contribution in [0.15, 0.2) is 69.9 Å². The first kappa shape index (κ1) is 20.2. The average Bonchev–Trinajstić information content (AvgIpc) is 3.20. The van der Waals surface area contributed by atoms with Gasteiger partial charge < -0.3 is 10.1 Å². The molecule has 0 saturated heterocycles. The molecule has 0 aliphatic carbocycles. The number of methoxy groups -OCH3 is 1. The molecule has 0 aliphatic rings. The SMILES string of the molecule is COc1ccc(NC(=O)CSc2nc3c(-c4ccccc4)csc3c(=O)n2C)cc1. The number of nitrogens with zero attached hydrogens (tertiary/aromatic N) is 2. The van der Waals surface area contributed by atoms with Crippen molar-refractivity contribution in [1.29, 1.82) is 0 Å². The number of anilines is 1. The third-order valence-corrected chi connectivity index (χ3v) is 6.54. The fraction of sp³-hybridized carbons (Fsp3) is 0.136. The maximum Gasteiger partial charge on any atom is 0.271 e. The summed E-state index contributed by atoms with van der Waals surface area (Å²) in [4.78, 5) is 29.9. The largest absolute Gasteiger partial charge is 0.497 e. The maximum atomic E-state index is 12.8. The van der Waals surface area contributed by atoms with Crippen molar-refractivity contribution in [2.45, 2.75) is 5.16 Å².